The van der Waals surface area contributed by atoms with Crippen LogP contribution in [0.4, 0.5) is 10.1 Å². The number of carbonyl (C=O) groups excluding carboxylic acids is 2. The van der Waals surface area contributed by atoms with Crippen LogP contribution in [0.5, 0.6) is 11.5 Å². The first-order chi connectivity index (χ1) is 13.5. The fraction of sp³-hybridized carbons (Fsp3) is 0.0909. The minimum absolute atomic E-state index is 0.166. The fourth-order valence-electron chi connectivity index (χ4n) is 2.47. The molecule has 0 aliphatic heterocycles. The third kappa shape index (κ3) is 4.94. The van der Waals surface area contributed by atoms with Gasteiger partial charge in [0.2, 0.25) is 0 Å². The van der Waals surface area contributed by atoms with Gasteiger partial charge in [0.05, 0.1) is 7.11 Å². The molecule has 0 unspecified atom stereocenters. The van der Waals surface area contributed by atoms with E-state index in [2.05, 4.69) is 5.32 Å². The average Bonchev–Trinajstić information content (AvgIpc) is 2.73. The zero-order valence-electron chi connectivity index (χ0n) is 15.1. The highest BCUT2D eigenvalue weighted by molar-refractivity contribution is 6.04. The van der Waals surface area contributed by atoms with Crippen molar-refractivity contribution in [2.24, 2.45) is 0 Å². The molecule has 0 heterocycles. The summed E-state index contributed by atoms with van der Waals surface area (Å²) in [7, 11) is 1.54. The van der Waals surface area contributed by atoms with E-state index in [0.29, 0.717) is 28.3 Å². The van der Waals surface area contributed by atoms with Crippen LogP contribution >= 0.6 is 0 Å². The van der Waals surface area contributed by atoms with Crippen LogP contribution in [0.25, 0.3) is 0 Å². The van der Waals surface area contributed by atoms with Gasteiger partial charge in [0.15, 0.2) is 12.4 Å². The molecule has 0 fully saturated rings. The third-order valence-electron chi connectivity index (χ3n) is 3.98. The molecule has 1 N–H and O–H groups in total. The van der Waals surface area contributed by atoms with Crippen molar-refractivity contribution in [1.82, 2.24) is 0 Å². The van der Waals surface area contributed by atoms with Crippen molar-refractivity contribution in [3.8, 4) is 11.5 Å². The van der Waals surface area contributed by atoms with Gasteiger partial charge in [-0.05, 0) is 66.7 Å². The number of amides is 1. The van der Waals surface area contributed by atoms with Crippen molar-refractivity contribution in [2.45, 2.75) is 0 Å². The highest BCUT2D eigenvalue weighted by Crippen LogP contribution is 2.18. The van der Waals surface area contributed by atoms with E-state index in [0.717, 1.165) is 0 Å². The Labute approximate surface area is 161 Å². The number of methoxy groups -OCH3 is 1. The van der Waals surface area contributed by atoms with Gasteiger partial charge < -0.3 is 14.8 Å². The SMILES string of the molecule is COc1cccc(C(=O)Nc2ccc(OCC(=O)c3ccc(F)cc3)cc2)c1. The number of Topliss-reactive ketones (excluding diaryl/α,β-unsaturated/α-hetero) is 1. The van der Waals surface area contributed by atoms with Gasteiger partial charge in [0.1, 0.15) is 17.3 Å². The highest BCUT2D eigenvalue weighted by atomic mass is 19.1. The molecular formula is C22H18FNO4. The van der Waals surface area contributed by atoms with Crippen LogP contribution in [0.1, 0.15) is 20.7 Å². The zero-order chi connectivity index (χ0) is 19.9. The van der Waals surface area contributed by atoms with Crippen molar-refractivity contribution in [3.63, 3.8) is 0 Å². The molecular weight excluding hydrogens is 361 g/mol. The van der Waals surface area contributed by atoms with Crippen molar-refractivity contribution >= 4 is 17.4 Å². The summed E-state index contributed by atoms with van der Waals surface area (Å²) in [5.41, 5.74) is 1.44. The van der Waals surface area contributed by atoms with Crippen LogP contribution in [0, 0.1) is 5.82 Å². The summed E-state index contributed by atoms with van der Waals surface area (Å²) in [6, 6.07) is 18.8. The summed E-state index contributed by atoms with van der Waals surface area (Å²) in [6.07, 6.45) is 0. The number of ether oxygens (including phenoxy) is 2. The second-order valence-electron chi connectivity index (χ2n) is 5.93. The first kappa shape index (κ1) is 19.1. The summed E-state index contributed by atoms with van der Waals surface area (Å²) >= 11 is 0. The Morgan fingerprint density at radius 3 is 2.29 bits per heavy atom. The minimum Gasteiger partial charge on any atom is -0.497 e. The third-order valence-corrected chi connectivity index (χ3v) is 3.98. The lowest BCUT2D eigenvalue weighted by Gasteiger charge is -2.09. The van der Waals surface area contributed by atoms with Gasteiger partial charge in [0.25, 0.3) is 5.91 Å². The standard InChI is InChI=1S/C22H18FNO4/c1-27-20-4-2-3-16(13-20)22(26)24-18-9-11-19(12-10-18)28-14-21(25)15-5-7-17(23)8-6-15/h2-13H,14H2,1H3,(H,24,26). The van der Waals surface area contributed by atoms with Gasteiger partial charge in [-0.25, -0.2) is 4.39 Å². The van der Waals surface area contributed by atoms with Crippen molar-refractivity contribution in [1.29, 1.82) is 0 Å². The average molecular weight is 379 g/mol. The van der Waals surface area contributed by atoms with Crippen LogP contribution in [-0.2, 0) is 0 Å². The van der Waals surface area contributed by atoms with Crippen molar-refractivity contribution in [2.75, 3.05) is 19.0 Å². The summed E-state index contributed by atoms with van der Waals surface area (Å²) in [5, 5.41) is 2.78. The number of rotatable bonds is 7. The van der Waals surface area contributed by atoms with Crippen LogP contribution in [0.15, 0.2) is 72.8 Å². The zero-order valence-corrected chi connectivity index (χ0v) is 15.1. The Hall–Kier alpha value is -3.67. The minimum atomic E-state index is -0.399. The van der Waals surface area contributed by atoms with Crippen LogP contribution in [0.2, 0.25) is 0 Å². The topological polar surface area (TPSA) is 64.6 Å². The molecule has 142 valence electrons. The molecule has 0 aliphatic carbocycles. The first-order valence-corrected chi connectivity index (χ1v) is 8.52. The van der Waals surface area contributed by atoms with Crippen LogP contribution < -0.4 is 14.8 Å². The molecule has 5 nitrogen and oxygen atoms in total. The quantitative estimate of drug-likeness (QED) is 0.620. The monoisotopic (exact) mass is 379 g/mol. The van der Waals surface area contributed by atoms with Gasteiger partial charge in [-0.15, -0.1) is 0 Å². The number of carbonyl (C=O) groups is 2. The molecule has 3 rings (SSSR count). The van der Waals surface area contributed by atoms with Crippen molar-refractivity contribution < 1.29 is 23.5 Å². The molecule has 0 radical (unpaired) electrons. The first-order valence-electron chi connectivity index (χ1n) is 8.52. The predicted molar refractivity (Wildman–Crippen MR) is 104 cm³/mol. The Bertz CT molecular complexity index is 969. The summed E-state index contributed by atoms with van der Waals surface area (Å²) in [4.78, 5) is 24.3. The molecule has 0 spiro atoms. The lowest BCUT2D eigenvalue weighted by molar-refractivity contribution is 0.0921. The maximum absolute atomic E-state index is 12.9. The normalized spacial score (nSPS) is 10.2. The molecule has 0 aromatic heterocycles. The number of benzene rings is 3. The number of hydrogen-bond acceptors (Lipinski definition) is 4. The second kappa shape index (κ2) is 8.81. The number of halogens is 1. The molecule has 0 bridgehead atoms. The molecule has 3 aromatic carbocycles. The Morgan fingerprint density at radius 2 is 1.61 bits per heavy atom. The van der Waals surface area contributed by atoms with Crippen molar-refractivity contribution in [3.05, 3.63) is 89.7 Å². The van der Waals surface area contributed by atoms with Crippen LogP contribution in [0.3, 0.4) is 0 Å². The van der Waals surface area contributed by atoms with E-state index in [1.807, 2.05) is 0 Å². The maximum Gasteiger partial charge on any atom is 0.255 e. The van der Waals surface area contributed by atoms with Crippen LogP contribution in [-0.4, -0.2) is 25.4 Å². The number of ketones is 1. The molecule has 1 amide bonds. The van der Waals surface area contributed by atoms with Gasteiger partial charge >= 0.3 is 0 Å². The van der Waals surface area contributed by atoms with Gasteiger partial charge in [-0.1, -0.05) is 6.07 Å². The largest absolute Gasteiger partial charge is 0.497 e. The lowest BCUT2D eigenvalue weighted by Crippen LogP contribution is -2.12. The molecule has 6 heteroatoms. The van der Waals surface area contributed by atoms with E-state index >= 15 is 0 Å². The maximum atomic E-state index is 12.9. The number of hydrogen-bond donors (Lipinski definition) is 1. The van der Waals surface area contributed by atoms with E-state index in [-0.39, 0.29) is 18.3 Å². The lowest BCUT2D eigenvalue weighted by atomic mass is 10.1. The Balaban J connectivity index is 1.56. The van der Waals surface area contributed by atoms with Gasteiger partial charge in [0, 0.05) is 16.8 Å². The van der Waals surface area contributed by atoms with Gasteiger partial charge in [-0.3, -0.25) is 9.59 Å². The molecule has 0 saturated heterocycles. The molecule has 0 aliphatic rings. The van der Waals surface area contributed by atoms with E-state index < -0.39 is 5.82 Å². The summed E-state index contributed by atoms with van der Waals surface area (Å²) in [6.45, 7) is -0.166. The second-order valence-corrected chi connectivity index (χ2v) is 5.93. The summed E-state index contributed by atoms with van der Waals surface area (Å²) < 4.78 is 23.5. The molecule has 0 saturated carbocycles. The smallest absolute Gasteiger partial charge is 0.255 e. The Morgan fingerprint density at radius 1 is 0.893 bits per heavy atom. The molecule has 0 atom stereocenters. The van der Waals surface area contributed by atoms with Gasteiger partial charge in [-0.2, -0.15) is 0 Å². The molecule has 3 aromatic rings. The van der Waals surface area contributed by atoms with E-state index in [1.54, 1.807) is 48.5 Å². The Kier molecular flexibility index (Phi) is 6.01. The highest BCUT2D eigenvalue weighted by Gasteiger charge is 2.09. The molecule has 28 heavy (non-hydrogen) atoms. The van der Waals surface area contributed by atoms with E-state index in [1.165, 1.54) is 31.4 Å². The summed E-state index contributed by atoms with van der Waals surface area (Å²) in [5.74, 6) is 0.163. The van der Waals surface area contributed by atoms with E-state index in [4.69, 9.17) is 9.47 Å². The number of anilines is 1. The fourth-order valence-corrected chi connectivity index (χ4v) is 2.47. The number of nitrogens with one attached hydrogen (secondary N) is 1. The predicted octanol–water partition coefficient (Wildman–Crippen LogP) is 4.35. The van der Waals surface area contributed by atoms with E-state index in [9.17, 15) is 14.0 Å².